The summed E-state index contributed by atoms with van der Waals surface area (Å²) in [7, 11) is 3.39. The van der Waals surface area contributed by atoms with Crippen LogP contribution in [0.2, 0.25) is 0 Å². The Morgan fingerprint density at radius 3 is 3.00 bits per heavy atom. The molecule has 0 aliphatic heterocycles. The molecule has 0 fully saturated rings. The lowest BCUT2D eigenvalue weighted by molar-refractivity contribution is -0.123. The lowest BCUT2D eigenvalue weighted by Gasteiger charge is -2.13. The van der Waals surface area contributed by atoms with Crippen molar-refractivity contribution >= 4 is 5.78 Å². The van der Waals surface area contributed by atoms with E-state index in [-0.39, 0.29) is 12.4 Å². The Bertz CT molecular complexity index is 269. The van der Waals surface area contributed by atoms with Crippen molar-refractivity contribution in [1.82, 2.24) is 4.90 Å². The summed E-state index contributed by atoms with van der Waals surface area (Å²) in [6.07, 6.45) is 1.63. The zero-order valence-electron chi connectivity index (χ0n) is 8.53. The molecule has 4 nitrogen and oxygen atoms in total. The molecule has 0 bridgehead atoms. The van der Waals surface area contributed by atoms with E-state index in [2.05, 4.69) is 0 Å². The summed E-state index contributed by atoms with van der Waals surface area (Å²) >= 11 is 0. The molecule has 14 heavy (non-hydrogen) atoms. The smallest absolute Gasteiger partial charge is 0.172 e. The van der Waals surface area contributed by atoms with E-state index in [1.54, 1.807) is 6.26 Å². The summed E-state index contributed by atoms with van der Waals surface area (Å²) in [6.45, 7) is 1.19. The summed E-state index contributed by atoms with van der Waals surface area (Å²) in [5.41, 5.74) is 0. The second-order valence-corrected chi connectivity index (χ2v) is 3.22. The lowest BCUT2D eigenvalue weighted by Crippen LogP contribution is -2.27. The maximum Gasteiger partial charge on any atom is 0.172 e. The van der Waals surface area contributed by atoms with Gasteiger partial charge in [-0.1, -0.05) is 0 Å². The third kappa shape index (κ3) is 3.72. The Hall–Kier alpha value is -1.13. The van der Waals surface area contributed by atoms with Crippen LogP contribution in [0, 0.1) is 0 Å². The molecule has 0 saturated heterocycles. The van der Waals surface area contributed by atoms with Crippen LogP contribution in [0.5, 0.6) is 0 Å². The van der Waals surface area contributed by atoms with E-state index < -0.39 is 0 Å². The number of Topliss-reactive ketones (excluding diaryl/α,β-unsaturated/α-hetero) is 1. The number of carbonyl (C=O) groups is 1. The zero-order valence-corrected chi connectivity index (χ0v) is 8.53. The van der Waals surface area contributed by atoms with E-state index in [1.807, 2.05) is 24.1 Å². The van der Waals surface area contributed by atoms with Crippen LogP contribution in [-0.4, -0.2) is 38.0 Å². The van der Waals surface area contributed by atoms with E-state index in [0.717, 1.165) is 5.76 Å². The van der Waals surface area contributed by atoms with Crippen LogP contribution in [0.1, 0.15) is 5.76 Å². The van der Waals surface area contributed by atoms with E-state index in [4.69, 9.17) is 9.15 Å². The molecular formula is C10H15NO3. The van der Waals surface area contributed by atoms with E-state index in [0.29, 0.717) is 13.1 Å². The minimum absolute atomic E-state index is 0.0709. The third-order valence-corrected chi connectivity index (χ3v) is 1.76. The summed E-state index contributed by atoms with van der Waals surface area (Å²) in [6, 6.07) is 3.72. The maximum atomic E-state index is 11.2. The molecule has 0 unspecified atom stereocenters. The highest BCUT2D eigenvalue weighted by molar-refractivity contribution is 5.81. The van der Waals surface area contributed by atoms with Crippen molar-refractivity contribution in [3.05, 3.63) is 24.2 Å². The number of likely N-dealkylation sites (N-methyl/N-ethyl adjacent to an activating group) is 1. The molecule has 0 aromatic carbocycles. The van der Waals surface area contributed by atoms with Gasteiger partial charge in [-0.2, -0.15) is 0 Å². The number of rotatable bonds is 6. The molecule has 0 radical (unpaired) electrons. The van der Waals surface area contributed by atoms with Crippen molar-refractivity contribution in [3.63, 3.8) is 0 Å². The molecule has 78 valence electrons. The van der Waals surface area contributed by atoms with E-state index >= 15 is 0 Å². The standard InChI is InChI=1S/C10H15NO3/c1-11(6-9(12)8-13-2)7-10-4-3-5-14-10/h3-5H,6-8H2,1-2H3. The molecule has 0 N–H and O–H groups in total. The number of hydrogen-bond donors (Lipinski definition) is 0. The van der Waals surface area contributed by atoms with Gasteiger partial charge >= 0.3 is 0 Å². The first-order valence-electron chi connectivity index (χ1n) is 4.44. The van der Waals surface area contributed by atoms with Gasteiger partial charge in [0, 0.05) is 7.11 Å². The van der Waals surface area contributed by atoms with Crippen LogP contribution in [0.25, 0.3) is 0 Å². The Labute approximate surface area is 83.5 Å². The number of carbonyl (C=O) groups excluding carboxylic acids is 1. The minimum atomic E-state index is 0.0709. The van der Waals surface area contributed by atoms with Gasteiger partial charge in [0.15, 0.2) is 5.78 Å². The number of hydrogen-bond acceptors (Lipinski definition) is 4. The number of ether oxygens (including phenoxy) is 1. The Kier molecular flexibility index (Phi) is 4.35. The highest BCUT2D eigenvalue weighted by Gasteiger charge is 2.07. The van der Waals surface area contributed by atoms with Crippen LogP contribution in [0.15, 0.2) is 22.8 Å². The normalized spacial score (nSPS) is 10.8. The van der Waals surface area contributed by atoms with Crippen LogP contribution in [-0.2, 0) is 16.1 Å². The van der Waals surface area contributed by atoms with Crippen molar-refractivity contribution in [2.24, 2.45) is 0 Å². The summed E-state index contributed by atoms with van der Waals surface area (Å²) in [5, 5.41) is 0. The van der Waals surface area contributed by atoms with Crippen molar-refractivity contribution < 1.29 is 13.9 Å². The van der Waals surface area contributed by atoms with Crippen LogP contribution < -0.4 is 0 Å². The van der Waals surface area contributed by atoms with Gasteiger partial charge in [0.25, 0.3) is 0 Å². The first kappa shape index (κ1) is 10.9. The Morgan fingerprint density at radius 1 is 1.64 bits per heavy atom. The first-order chi connectivity index (χ1) is 6.72. The van der Waals surface area contributed by atoms with Gasteiger partial charge in [-0.3, -0.25) is 9.69 Å². The van der Waals surface area contributed by atoms with Crippen LogP contribution in [0.4, 0.5) is 0 Å². The number of methoxy groups -OCH3 is 1. The van der Waals surface area contributed by atoms with E-state index in [9.17, 15) is 4.79 Å². The maximum absolute atomic E-state index is 11.2. The number of nitrogens with zero attached hydrogens (tertiary/aromatic N) is 1. The summed E-state index contributed by atoms with van der Waals surface area (Å²) in [4.78, 5) is 13.1. The number of furan rings is 1. The molecule has 0 saturated carbocycles. The van der Waals surface area contributed by atoms with Gasteiger partial charge in [-0.15, -0.1) is 0 Å². The molecule has 0 atom stereocenters. The molecule has 0 aliphatic rings. The van der Waals surface area contributed by atoms with Crippen molar-refractivity contribution in [3.8, 4) is 0 Å². The summed E-state index contributed by atoms with van der Waals surface area (Å²) in [5.74, 6) is 0.930. The van der Waals surface area contributed by atoms with Gasteiger partial charge in [0.2, 0.25) is 0 Å². The third-order valence-electron chi connectivity index (χ3n) is 1.76. The average molecular weight is 197 g/mol. The molecule has 1 aromatic heterocycles. The topological polar surface area (TPSA) is 42.7 Å². The fraction of sp³-hybridized carbons (Fsp3) is 0.500. The number of ketones is 1. The molecule has 4 heteroatoms. The largest absolute Gasteiger partial charge is 0.468 e. The van der Waals surface area contributed by atoms with Gasteiger partial charge in [0.05, 0.1) is 19.4 Å². The average Bonchev–Trinajstić information content (AvgIpc) is 2.56. The molecule has 0 amide bonds. The first-order valence-corrected chi connectivity index (χ1v) is 4.44. The second-order valence-electron chi connectivity index (χ2n) is 3.22. The second kappa shape index (κ2) is 5.57. The highest BCUT2D eigenvalue weighted by atomic mass is 16.5. The van der Waals surface area contributed by atoms with Crippen LogP contribution in [0.3, 0.4) is 0 Å². The quantitative estimate of drug-likeness (QED) is 0.680. The monoisotopic (exact) mass is 197 g/mol. The van der Waals surface area contributed by atoms with Crippen molar-refractivity contribution in [2.75, 3.05) is 27.3 Å². The van der Waals surface area contributed by atoms with Gasteiger partial charge in [-0.05, 0) is 19.2 Å². The molecule has 0 aliphatic carbocycles. The SMILES string of the molecule is COCC(=O)CN(C)Cc1ccco1. The van der Waals surface area contributed by atoms with Gasteiger partial charge in [-0.25, -0.2) is 0 Å². The summed E-state index contributed by atoms with van der Waals surface area (Å²) < 4.78 is 9.90. The fourth-order valence-corrected chi connectivity index (χ4v) is 1.23. The minimum Gasteiger partial charge on any atom is -0.468 e. The van der Waals surface area contributed by atoms with Crippen LogP contribution >= 0.6 is 0 Å². The zero-order chi connectivity index (χ0) is 10.4. The predicted molar refractivity (Wildman–Crippen MR) is 51.9 cm³/mol. The molecular weight excluding hydrogens is 182 g/mol. The predicted octanol–water partition coefficient (Wildman–Crippen LogP) is 0.927. The fourth-order valence-electron chi connectivity index (χ4n) is 1.23. The molecule has 1 aromatic rings. The van der Waals surface area contributed by atoms with Crippen molar-refractivity contribution in [1.29, 1.82) is 0 Å². The highest BCUT2D eigenvalue weighted by Crippen LogP contribution is 2.03. The lowest BCUT2D eigenvalue weighted by atomic mass is 10.3. The molecule has 1 rings (SSSR count). The van der Waals surface area contributed by atoms with Gasteiger partial charge < -0.3 is 9.15 Å². The molecule has 1 heterocycles. The van der Waals surface area contributed by atoms with Crippen molar-refractivity contribution in [2.45, 2.75) is 6.54 Å². The van der Waals surface area contributed by atoms with Gasteiger partial charge in [0.1, 0.15) is 12.4 Å². The van der Waals surface area contributed by atoms with E-state index in [1.165, 1.54) is 7.11 Å². The Morgan fingerprint density at radius 2 is 2.43 bits per heavy atom. The Balaban J connectivity index is 2.29. The molecule has 0 spiro atoms.